The number of carbonyl (C=O) groups excluding carboxylic acids is 1. The van der Waals surface area contributed by atoms with Crippen LogP contribution in [0.3, 0.4) is 0 Å². The largest absolute Gasteiger partial charge is 0.487 e. The van der Waals surface area contributed by atoms with Gasteiger partial charge >= 0.3 is 0 Å². The Hall–Kier alpha value is -4.00. The molecule has 1 amide bonds. The summed E-state index contributed by atoms with van der Waals surface area (Å²) in [5.74, 6) is 0.426. The number of non-ortho nitro benzene ring substituents is 1. The number of aromatic nitrogens is 1. The van der Waals surface area contributed by atoms with Crippen LogP contribution in [-0.2, 0) is 17.9 Å². The van der Waals surface area contributed by atoms with E-state index in [2.05, 4.69) is 10.3 Å². The van der Waals surface area contributed by atoms with Crippen molar-refractivity contribution in [2.45, 2.75) is 13.2 Å². The van der Waals surface area contributed by atoms with E-state index in [1.54, 1.807) is 24.4 Å². The van der Waals surface area contributed by atoms with Crippen molar-refractivity contribution < 1.29 is 14.5 Å². The Labute approximate surface area is 167 Å². The van der Waals surface area contributed by atoms with Crippen LogP contribution in [0, 0.1) is 10.1 Å². The lowest BCUT2D eigenvalue weighted by Crippen LogP contribution is -2.20. The smallest absolute Gasteiger partial charge is 0.269 e. The molecule has 0 unspecified atom stereocenters. The zero-order valence-electron chi connectivity index (χ0n) is 15.5. The Bertz CT molecular complexity index is 1000. The molecule has 0 saturated heterocycles. The molecule has 3 aromatic rings. The Morgan fingerprint density at radius 2 is 1.93 bits per heavy atom. The minimum absolute atomic E-state index is 0.00218. The van der Waals surface area contributed by atoms with Gasteiger partial charge in [-0.15, -0.1) is 0 Å². The van der Waals surface area contributed by atoms with Crippen LogP contribution in [0.15, 0.2) is 79.0 Å². The number of nitro groups is 1. The van der Waals surface area contributed by atoms with E-state index in [0.29, 0.717) is 17.9 Å². The van der Waals surface area contributed by atoms with Crippen LogP contribution in [0.1, 0.15) is 16.8 Å². The van der Waals surface area contributed by atoms with Crippen LogP contribution in [0.2, 0.25) is 0 Å². The normalized spacial score (nSPS) is 10.6. The number of nitrogens with zero attached hydrogens (tertiary/aromatic N) is 2. The van der Waals surface area contributed by atoms with Gasteiger partial charge in [0.1, 0.15) is 12.4 Å². The van der Waals surface area contributed by atoms with Crippen molar-refractivity contribution in [3.63, 3.8) is 0 Å². The fourth-order valence-electron chi connectivity index (χ4n) is 2.52. The fraction of sp³-hybridized carbons (Fsp3) is 0.0909. The first-order valence-corrected chi connectivity index (χ1v) is 8.92. The summed E-state index contributed by atoms with van der Waals surface area (Å²) < 4.78 is 5.67. The number of pyridine rings is 1. The van der Waals surface area contributed by atoms with Gasteiger partial charge in [-0.25, -0.2) is 0 Å². The first kappa shape index (κ1) is 19.8. The van der Waals surface area contributed by atoms with E-state index in [1.165, 1.54) is 18.2 Å². The molecular weight excluding hydrogens is 370 g/mol. The SMILES string of the molecule is O=C(C=Cc1ccc(OCc2ccccn2)cc1)NCc1cccc([N+](=O)[O-])c1. The summed E-state index contributed by atoms with van der Waals surface area (Å²) in [7, 11) is 0. The first-order valence-electron chi connectivity index (χ1n) is 8.92. The highest BCUT2D eigenvalue weighted by Crippen LogP contribution is 2.15. The number of amides is 1. The number of benzene rings is 2. The lowest BCUT2D eigenvalue weighted by Gasteiger charge is -2.05. The van der Waals surface area contributed by atoms with E-state index >= 15 is 0 Å². The molecule has 0 saturated carbocycles. The van der Waals surface area contributed by atoms with E-state index in [0.717, 1.165) is 11.3 Å². The number of rotatable bonds is 8. The molecule has 1 heterocycles. The standard InChI is InChI=1S/C22H19N3O4/c26-22(24-15-18-4-3-6-20(14-18)25(27)28)12-9-17-7-10-21(11-8-17)29-16-19-5-1-2-13-23-19/h1-14H,15-16H2,(H,24,26). The van der Waals surface area contributed by atoms with Crippen LogP contribution in [-0.4, -0.2) is 15.8 Å². The van der Waals surface area contributed by atoms with Crippen molar-refractivity contribution in [2.24, 2.45) is 0 Å². The molecule has 0 bridgehead atoms. The molecule has 3 rings (SSSR count). The van der Waals surface area contributed by atoms with E-state index in [9.17, 15) is 14.9 Å². The highest BCUT2D eigenvalue weighted by Gasteiger charge is 2.06. The van der Waals surface area contributed by atoms with Crippen molar-refractivity contribution >= 4 is 17.7 Å². The quantitative estimate of drug-likeness (QED) is 0.358. The summed E-state index contributed by atoms with van der Waals surface area (Å²) in [4.78, 5) is 26.5. The van der Waals surface area contributed by atoms with Crippen LogP contribution >= 0.6 is 0 Å². The van der Waals surface area contributed by atoms with Gasteiger partial charge in [0.05, 0.1) is 10.6 Å². The number of nitro benzene ring substituents is 1. The molecular formula is C22H19N3O4. The lowest BCUT2D eigenvalue weighted by atomic mass is 10.2. The third-order valence-electron chi connectivity index (χ3n) is 4.01. The first-order chi connectivity index (χ1) is 14.1. The summed E-state index contributed by atoms with van der Waals surface area (Å²) in [5, 5.41) is 13.5. The summed E-state index contributed by atoms with van der Waals surface area (Å²) >= 11 is 0. The lowest BCUT2D eigenvalue weighted by molar-refractivity contribution is -0.384. The molecule has 146 valence electrons. The molecule has 0 atom stereocenters. The maximum Gasteiger partial charge on any atom is 0.269 e. The number of hydrogen-bond acceptors (Lipinski definition) is 5. The molecule has 0 radical (unpaired) electrons. The number of ether oxygens (including phenoxy) is 1. The number of hydrogen-bond donors (Lipinski definition) is 1. The predicted molar refractivity (Wildman–Crippen MR) is 109 cm³/mol. The highest BCUT2D eigenvalue weighted by molar-refractivity contribution is 5.91. The molecule has 2 aromatic carbocycles. The Morgan fingerprint density at radius 3 is 2.66 bits per heavy atom. The second kappa shape index (κ2) is 9.80. The summed E-state index contributed by atoms with van der Waals surface area (Å²) in [6.07, 6.45) is 4.82. The summed E-state index contributed by atoms with van der Waals surface area (Å²) in [6, 6.07) is 19.1. The average Bonchev–Trinajstić information content (AvgIpc) is 2.76. The molecule has 7 nitrogen and oxygen atoms in total. The van der Waals surface area contributed by atoms with E-state index < -0.39 is 4.92 Å². The molecule has 0 aliphatic carbocycles. The van der Waals surface area contributed by atoms with Gasteiger partial charge in [-0.3, -0.25) is 19.9 Å². The minimum atomic E-state index is -0.463. The van der Waals surface area contributed by atoms with Gasteiger partial charge in [0.25, 0.3) is 5.69 Å². The highest BCUT2D eigenvalue weighted by atomic mass is 16.6. The van der Waals surface area contributed by atoms with E-state index in [-0.39, 0.29) is 18.1 Å². The third-order valence-corrected chi connectivity index (χ3v) is 4.01. The minimum Gasteiger partial charge on any atom is -0.487 e. The molecule has 29 heavy (non-hydrogen) atoms. The van der Waals surface area contributed by atoms with Crippen molar-refractivity contribution in [1.82, 2.24) is 10.3 Å². The van der Waals surface area contributed by atoms with Crippen molar-refractivity contribution in [1.29, 1.82) is 0 Å². The van der Waals surface area contributed by atoms with Gasteiger partial charge in [-0.1, -0.05) is 30.3 Å². The third kappa shape index (κ3) is 6.28. The van der Waals surface area contributed by atoms with Gasteiger partial charge in [0.15, 0.2) is 0 Å². The predicted octanol–water partition coefficient (Wildman–Crippen LogP) is 3.90. The summed E-state index contributed by atoms with van der Waals surface area (Å²) in [5.41, 5.74) is 2.35. The van der Waals surface area contributed by atoms with Crippen LogP contribution in [0.5, 0.6) is 5.75 Å². The van der Waals surface area contributed by atoms with Gasteiger partial charge in [0, 0.05) is 31.0 Å². The number of nitrogens with one attached hydrogen (secondary N) is 1. The Kier molecular flexibility index (Phi) is 6.67. The van der Waals surface area contributed by atoms with Gasteiger partial charge < -0.3 is 10.1 Å². The van der Waals surface area contributed by atoms with Crippen LogP contribution in [0.25, 0.3) is 6.08 Å². The topological polar surface area (TPSA) is 94.4 Å². The van der Waals surface area contributed by atoms with Gasteiger partial charge in [-0.2, -0.15) is 0 Å². The van der Waals surface area contributed by atoms with Crippen LogP contribution < -0.4 is 10.1 Å². The molecule has 7 heteroatoms. The van der Waals surface area contributed by atoms with E-state index in [4.69, 9.17) is 4.74 Å². The Balaban J connectivity index is 1.48. The molecule has 0 fully saturated rings. The molecule has 1 aromatic heterocycles. The monoisotopic (exact) mass is 389 g/mol. The molecule has 0 aliphatic rings. The zero-order chi connectivity index (χ0) is 20.5. The number of carbonyl (C=O) groups is 1. The van der Waals surface area contributed by atoms with E-state index in [1.807, 2.05) is 42.5 Å². The maximum absolute atomic E-state index is 12.0. The van der Waals surface area contributed by atoms with Crippen molar-refractivity contribution in [3.8, 4) is 5.75 Å². The second-order valence-electron chi connectivity index (χ2n) is 6.16. The fourth-order valence-corrected chi connectivity index (χ4v) is 2.52. The maximum atomic E-state index is 12.0. The second-order valence-corrected chi connectivity index (χ2v) is 6.16. The molecule has 0 spiro atoms. The molecule has 1 N–H and O–H groups in total. The van der Waals surface area contributed by atoms with Gasteiger partial charge in [-0.05, 0) is 41.5 Å². The van der Waals surface area contributed by atoms with Gasteiger partial charge in [0.2, 0.25) is 5.91 Å². The zero-order valence-corrected chi connectivity index (χ0v) is 15.5. The Morgan fingerprint density at radius 1 is 1.10 bits per heavy atom. The van der Waals surface area contributed by atoms with Crippen molar-refractivity contribution in [3.05, 3.63) is 106 Å². The average molecular weight is 389 g/mol. The molecule has 0 aliphatic heterocycles. The van der Waals surface area contributed by atoms with Crippen LogP contribution in [0.4, 0.5) is 5.69 Å². The summed E-state index contributed by atoms with van der Waals surface area (Å²) in [6.45, 7) is 0.598. The van der Waals surface area contributed by atoms with Crippen molar-refractivity contribution in [2.75, 3.05) is 0 Å².